The molecule has 0 unspecified atom stereocenters. The lowest BCUT2D eigenvalue weighted by Gasteiger charge is -2.17. The molecule has 4 rings (SSSR count). The van der Waals surface area contributed by atoms with E-state index in [2.05, 4.69) is 10.2 Å². The zero-order valence-electron chi connectivity index (χ0n) is 18.3. The minimum Gasteiger partial charge on any atom is -0.488 e. The first-order valence-corrected chi connectivity index (χ1v) is 11.3. The molecule has 30 heavy (non-hydrogen) atoms. The molecule has 0 amide bonds. The van der Waals surface area contributed by atoms with E-state index >= 15 is 0 Å². The van der Waals surface area contributed by atoms with E-state index in [4.69, 9.17) is 24.2 Å². The van der Waals surface area contributed by atoms with E-state index in [-0.39, 0.29) is 0 Å². The van der Waals surface area contributed by atoms with Gasteiger partial charge in [0, 0.05) is 38.6 Å². The van der Waals surface area contributed by atoms with E-state index in [9.17, 15) is 0 Å². The van der Waals surface area contributed by atoms with E-state index < -0.39 is 0 Å². The normalized spacial score (nSPS) is 16.2. The van der Waals surface area contributed by atoms with Crippen LogP contribution in [0, 0.1) is 0 Å². The number of hydrogen-bond donors (Lipinski definition) is 1. The van der Waals surface area contributed by atoms with Gasteiger partial charge in [-0.3, -0.25) is 4.98 Å². The standard InChI is InChI=1S/C23H34N4O3/c1-28-14-6-10-24-21-17-8-5-9-18(17)25-19-16-20(23(29-2)26-22(19)21)30-15-7-13-27-11-3-4-12-27/h16H,3-15H2,1-2H3,(H,24,25). The molecule has 2 aromatic rings. The predicted octanol–water partition coefficient (Wildman–Crippen LogP) is 3.44. The first-order chi connectivity index (χ1) is 14.8. The first kappa shape index (κ1) is 21.1. The van der Waals surface area contributed by atoms with Crippen molar-refractivity contribution in [2.24, 2.45) is 0 Å². The maximum absolute atomic E-state index is 6.08. The number of nitrogens with zero attached hydrogens (tertiary/aromatic N) is 3. The number of hydrogen-bond acceptors (Lipinski definition) is 7. The number of aryl methyl sites for hydroxylation is 1. The molecular formula is C23H34N4O3. The number of ether oxygens (including phenoxy) is 3. The number of pyridine rings is 2. The molecule has 0 aromatic carbocycles. The molecule has 164 valence electrons. The Morgan fingerprint density at radius 3 is 2.70 bits per heavy atom. The van der Waals surface area contributed by atoms with Gasteiger partial charge in [-0.05, 0) is 63.6 Å². The molecule has 1 N–H and O–H groups in total. The summed E-state index contributed by atoms with van der Waals surface area (Å²) in [5, 5.41) is 3.59. The highest BCUT2D eigenvalue weighted by molar-refractivity contribution is 5.91. The molecule has 7 nitrogen and oxygen atoms in total. The molecule has 0 bridgehead atoms. The van der Waals surface area contributed by atoms with Crippen molar-refractivity contribution in [3.8, 4) is 11.6 Å². The van der Waals surface area contributed by atoms with Crippen LogP contribution in [0.2, 0.25) is 0 Å². The second-order valence-corrected chi connectivity index (χ2v) is 8.15. The quantitative estimate of drug-likeness (QED) is 0.565. The Hall–Kier alpha value is -2.12. The second-order valence-electron chi connectivity index (χ2n) is 8.15. The van der Waals surface area contributed by atoms with Crippen LogP contribution in [-0.4, -0.2) is 68.5 Å². The van der Waals surface area contributed by atoms with Crippen LogP contribution in [0.25, 0.3) is 11.0 Å². The highest BCUT2D eigenvalue weighted by Crippen LogP contribution is 2.37. The molecule has 0 atom stereocenters. The lowest BCUT2D eigenvalue weighted by atomic mass is 10.1. The average Bonchev–Trinajstić information content (AvgIpc) is 3.45. The number of nitrogens with one attached hydrogen (secondary N) is 1. The third-order valence-electron chi connectivity index (χ3n) is 6.01. The van der Waals surface area contributed by atoms with Gasteiger partial charge in [0.1, 0.15) is 5.52 Å². The van der Waals surface area contributed by atoms with E-state index in [0.717, 1.165) is 68.5 Å². The van der Waals surface area contributed by atoms with Crippen molar-refractivity contribution in [1.82, 2.24) is 14.9 Å². The van der Waals surface area contributed by atoms with E-state index in [1.807, 2.05) is 6.07 Å². The minimum atomic E-state index is 0.531. The van der Waals surface area contributed by atoms with Crippen molar-refractivity contribution in [1.29, 1.82) is 0 Å². The number of fused-ring (bicyclic) bond motifs is 2. The van der Waals surface area contributed by atoms with Crippen LogP contribution in [0.1, 0.15) is 43.4 Å². The summed E-state index contributed by atoms with van der Waals surface area (Å²) < 4.78 is 16.8. The second kappa shape index (κ2) is 10.3. The van der Waals surface area contributed by atoms with E-state index in [1.165, 1.54) is 37.2 Å². The first-order valence-electron chi connectivity index (χ1n) is 11.3. The summed E-state index contributed by atoms with van der Waals surface area (Å²) in [5.74, 6) is 1.21. The number of rotatable bonds is 11. The van der Waals surface area contributed by atoms with Crippen LogP contribution in [0.5, 0.6) is 11.6 Å². The monoisotopic (exact) mass is 414 g/mol. The average molecular weight is 415 g/mol. The van der Waals surface area contributed by atoms with Gasteiger partial charge in [0.15, 0.2) is 5.75 Å². The van der Waals surface area contributed by atoms with Gasteiger partial charge >= 0.3 is 0 Å². The molecule has 0 radical (unpaired) electrons. The maximum Gasteiger partial charge on any atom is 0.257 e. The molecule has 0 saturated carbocycles. The molecule has 2 aromatic heterocycles. The summed E-state index contributed by atoms with van der Waals surface area (Å²) >= 11 is 0. The Labute approximate surface area is 179 Å². The molecule has 3 heterocycles. The van der Waals surface area contributed by atoms with Crippen molar-refractivity contribution < 1.29 is 14.2 Å². The fourth-order valence-electron chi connectivity index (χ4n) is 4.49. The van der Waals surface area contributed by atoms with Crippen molar-refractivity contribution in [3.05, 3.63) is 17.3 Å². The van der Waals surface area contributed by atoms with Gasteiger partial charge in [-0.2, -0.15) is 0 Å². The molecule has 1 aliphatic carbocycles. The molecule has 1 aliphatic heterocycles. The largest absolute Gasteiger partial charge is 0.488 e. The molecule has 0 spiro atoms. The van der Waals surface area contributed by atoms with Gasteiger partial charge in [0.05, 0.1) is 24.9 Å². The molecule has 7 heteroatoms. The van der Waals surface area contributed by atoms with Crippen LogP contribution in [0.4, 0.5) is 5.69 Å². The highest BCUT2D eigenvalue weighted by Gasteiger charge is 2.22. The topological polar surface area (TPSA) is 68.7 Å². The fraction of sp³-hybridized carbons (Fsp3) is 0.652. The van der Waals surface area contributed by atoms with Crippen molar-refractivity contribution >= 4 is 16.7 Å². The molecule has 2 aliphatic rings. The van der Waals surface area contributed by atoms with Gasteiger partial charge in [0.25, 0.3) is 5.88 Å². The summed E-state index contributed by atoms with van der Waals surface area (Å²) in [7, 11) is 3.39. The number of aromatic nitrogens is 2. The SMILES string of the molecule is COCCCNc1c2c(nc3cc(OCCCN4CCCC4)c(OC)nc13)CCC2. The lowest BCUT2D eigenvalue weighted by Crippen LogP contribution is -2.22. The molecular weight excluding hydrogens is 380 g/mol. The minimum absolute atomic E-state index is 0.531. The number of anilines is 1. The van der Waals surface area contributed by atoms with Crippen LogP contribution < -0.4 is 14.8 Å². The summed E-state index contributed by atoms with van der Waals surface area (Å²) in [6, 6.07) is 2.00. The Morgan fingerprint density at radius 1 is 1.03 bits per heavy atom. The van der Waals surface area contributed by atoms with Gasteiger partial charge in [-0.25, -0.2) is 4.98 Å². The van der Waals surface area contributed by atoms with Crippen molar-refractivity contribution in [2.75, 3.05) is 58.9 Å². The van der Waals surface area contributed by atoms with Gasteiger partial charge in [0.2, 0.25) is 0 Å². The third kappa shape index (κ3) is 4.78. The summed E-state index contributed by atoms with van der Waals surface area (Å²) in [6.45, 7) is 5.77. The number of likely N-dealkylation sites (tertiary alicyclic amines) is 1. The summed E-state index contributed by atoms with van der Waals surface area (Å²) in [4.78, 5) is 12.2. The van der Waals surface area contributed by atoms with E-state index in [1.54, 1.807) is 14.2 Å². The lowest BCUT2D eigenvalue weighted by molar-refractivity contribution is 0.198. The van der Waals surface area contributed by atoms with Crippen molar-refractivity contribution in [3.63, 3.8) is 0 Å². The van der Waals surface area contributed by atoms with E-state index in [0.29, 0.717) is 18.2 Å². The molecule has 1 saturated heterocycles. The smallest absolute Gasteiger partial charge is 0.257 e. The zero-order valence-corrected chi connectivity index (χ0v) is 18.3. The Morgan fingerprint density at radius 2 is 1.90 bits per heavy atom. The van der Waals surface area contributed by atoms with Crippen LogP contribution in [0.15, 0.2) is 6.07 Å². The van der Waals surface area contributed by atoms with Crippen LogP contribution in [0.3, 0.4) is 0 Å². The molecule has 1 fully saturated rings. The summed E-state index contributed by atoms with van der Waals surface area (Å²) in [6.07, 6.45) is 7.81. The Bertz CT molecular complexity index is 852. The number of methoxy groups -OCH3 is 2. The van der Waals surface area contributed by atoms with Crippen LogP contribution >= 0.6 is 0 Å². The van der Waals surface area contributed by atoms with Gasteiger partial charge in [-0.1, -0.05) is 0 Å². The third-order valence-corrected chi connectivity index (χ3v) is 6.01. The van der Waals surface area contributed by atoms with Crippen LogP contribution in [-0.2, 0) is 17.6 Å². The predicted molar refractivity (Wildman–Crippen MR) is 119 cm³/mol. The van der Waals surface area contributed by atoms with Gasteiger partial charge in [-0.15, -0.1) is 0 Å². The maximum atomic E-state index is 6.08. The Kier molecular flexibility index (Phi) is 7.23. The van der Waals surface area contributed by atoms with Crippen molar-refractivity contribution in [2.45, 2.75) is 44.9 Å². The highest BCUT2D eigenvalue weighted by atomic mass is 16.5. The Balaban J connectivity index is 1.53. The zero-order chi connectivity index (χ0) is 20.8. The fourth-order valence-corrected chi connectivity index (χ4v) is 4.49. The summed E-state index contributed by atoms with van der Waals surface area (Å²) in [5.41, 5.74) is 5.33. The van der Waals surface area contributed by atoms with Gasteiger partial charge < -0.3 is 24.4 Å².